The van der Waals surface area contributed by atoms with Crippen molar-refractivity contribution in [3.8, 4) is 0 Å². The quantitative estimate of drug-likeness (QED) is 0.790. The summed E-state index contributed by atoms with van der Waals surface area (Å²) >= 11 is 1.29. The number of halogens is 3. The van der Waals surface area contributed by atoms with Crippen molar-refractivity contribution < 1.29 is 18.0 Å². The molecular weight excluding hydrogens is 323 g/mol. The minimum Gasteiger partial charge on any atom is -0.325 e. The average Bonchev–Trinajstić information content (AvgIpc) is 2.48. The van der Waals surface area contributed by atoms with Gasteiger partial charge in [0.25, 0.3) is 0 Å². The van der Waals surface area contributed by atoms with Gasteiger partial charge in [-0.25, -0.2) is 0 Å². The third-order valence-corrected chi connectivity index (χ3v) is 4.35. The summed E-state index contributed by atoms with van der Waals surface area (Å²) in [6, 6.07) is 10.8. The summed E-state index contributed by atoms with van der Waals surface area (Å²) in [6.07, 6.45) is -4.49. The van der Waals surface area contributed by atoms with Crippen LogP contribution in [0.4, 0.5) is 18.9 Å². The molecule has 0 bridgehead atoms. The molecule has 2 aromatic rings. The number of carbonyl (C=O) groups is 1. The molecule has 0 saturated carbocycles. The highest BCUT2D eigenvalue weighted by Crippen LogP contribution is 2.34. The van der Waals surface area contributed by atoms with Crippen LogP contribution in [-0.4, -0.2) is 11.7 Å². The standard InChI is InChI=1S/C17H16F3NOS/c1-11-7-8-13(9-12(11)2)23-10-16(22)21-15-6-4-3-5-14(15)17(18,19)20/h3-9H,10H2,1-2H3,(H,21,22). The monoisotopic (exact) mass is 339 g/mol. The Morgan fingerprint density at radius 1 is 1.09 bits per heavy atom. The van der Waals surface area contributed by atoms with Gasteiger partial charge in [-0.3, -0.25) is 4.79 Å². The molecule has 2 rings (SSSR count). The van der Waals surface area contributed by atoms with Crippen LogP contribution < -0.4 is 5.32 Å². The zero-order valence-corrected chi connectivity index (χ0v) is 13.5. The molecule has 0 saturated heterocycles. The Morgan fingerprint density at radius 2 is 1.78 bits per heavy atom. The maximum absolute atomic E-state index is 12.9. The number of nitrogens with one attached hydrogen (secondary N) is 1. The van der Waals surface area contributed by atoms with Crippen molar-refractivity contribution in [3.63, 3.8) is 0 Å². The van der Waals surface area contributed by atoms with Crippen molar-refractivity contribution in [3.05, 3.63) is 59.2 Å². The van der Waals surface area contributed by atoms with Crippen molar-refractivity contribution in [2.75, 3.05) is 11.1 Å². The molecule has 0 spiro atoms. The highest BCUT2D eigenvalue weighted by molar-refractivity contribution is 8.00. The minimum absolute atomic E-state index is 0.0503. The molecule has 1 amide bonds. The summed E-state index contributed by atoms with van der Waals surface area (Å²) in [5.41, 5.74) is 1.20. The van der Waals surface area contributed by atoms with Gasteiger partial charge < -0.3 is 5.32 Å². The second-order valence-electron chi connectivity index (χ2n) is 5.13. The zero-order valence-electron chi connectivity index (χ0n) is 12.7. The fourth-order valence-electron chi connectivity index (χ4n) is 1.98. The van der Waals surface area contributed by atoms with E-state index in [0.29, 0.717) is 0 Å². The number of rotatable bonds is 4. The van der Waals surface area contributed by atoms with Gasteiger partial charge in [0.15, 0.2) is 0 Å². The van der Waals surface area contributed by atoms with Crippen LogP contribution in [0.2, 0.25) is 0 Å². The molecular formula is C17H16F3NOS. The number of para-hydroxylation sites is 1. The fourth-order valence-corrected chi connectivity index (χ4v) is 2.77. The number of hydrogen-bond donors (Lipinski definition) is 1. The van der Waals surface area contributed by atoms with Crippen LogP contribution in [0.3, 0.4) is 0 Å². The number of hydrogen-bond acceptors (Lipinski definition) is 2. The van der Waals surface area contributed by atoms with Gasteiger partial charge >= 0.3 is 6.18 Å². The maximum Gasteiger partial charge on any atom is 0.418 e. The van der Waals surface area contributed by atoms with Crippen molar-refractivity contribution in [2.24, 2.45) is 0 Å². The molecule has 0 heterocycles. The highest BCUT2D eigenvalue weighted by atomic mass is 32.2. The second-order valence-corrected chi connectivity index (χ2v) is 6.18. The number of carbonyl (C=O) groups excluding carboxylic acids is 1. The first-order valence-corrected chi connectivity index (χ1v) is 7.92. The maximum atomic E-state index is 12.9. The molecule has 0 atom stereocenters. The molecule has 0 radical (unpaired) electrons. The van der Waals surface area contributed by atoms with Gasteiger partial charge in [-0.1, -0.05) is 18.2 Å². The van der Waals surface area contributed by atoms with Gasteiger partial charge in [0.2, 0.25) is 5.91 Å². The number of aryl methyl sites for hydroxylation is 2. The molecule has 2 aromatic carbocycles. The number of alkyl halides is 3. The first-order valence-electron chi connectivity index (χ1n) is 6.93. The van der Waals surface area contributed by atoms with Crippen molar-refractivity contribution in [1.29, 1.82) is 0 Å². The van der Waals surface area contributed by atoms with E-state index in [-0.39, 0.29) is 11.4 Å². The molecule has 0 aliphatic carbocycles. The topological polar surface area (TPSA) is 29.1 Å². The van der Waals surface area contributed by atoms with E-state index < -0.39 is 17.6 Å². The van der Waals surface area contributed by atoms with E-state index in [1.54, 1.807) is 0 Å². The van der Waals surface area contributed by atoms with Crippen molar-refractivity contribution >= 4 is 23.4 Å². The van der Waals surface area contributed by atoms with Crippen LogP contribution >= 0.6 is 11.8 Å². The van der Waals surface area contributed by atoms with E-state index in [1.165, 1.54) is 30.0 Å². The number of amides is 1. The molecule has 2 nitrogen and oxygen atoms in total. The summed E-state index contributed by atoms with van der Waals surface area (Å²) in [5, 5.41) is 2.33. The van der Waals surface area contributed by atoms with Crippen LogP contribution in [0.15, 0.2) is 47.4 Å². The summed E-state index contributed by atoms with van der Waals surface area (Å²) in [4.78, 5) is 12.8. The van der Waals surface area contributed by atoms with Gasteiger partial charge in [0.05, 0.1) is 17.0 Å². The summed E-state index contributed by atoms with van der Waals surface area (Å²) in [6.45, 7) is 3.96. The molecule has 0 unspecified atom stereocenters. The average molecular weight is 339 g/mol. The molecule has 0 fully saturated rings. The van der Waals surface area contributed by atoms with Gasteiger partial charge in [0, 0.05) is 4.90 Å². The Balaban J connectivity index is 2.02. The lowest BCUT2D eigenvalue weighted by Gasteiger charge is -2.13. The minimum atomic E-state index is -4.49. The van der Waals surface area contributed by atoms with Crippen LogP contribution in [-0.2, 0) is 11.0 Å². The van der Waals surface area contributed by atoms with E-state index in [9.17, 15) is 18.0 Å². The van der Waals surface area contributed by atoms with E-state index in [4.69, 9.17) is 0 Å². The Morgan fingerprint density at radius 3 is 2.43 bits per heavy atom. The lowest BCUT2D eigenvalue weighted by Crippen LogP contribution is -2.18. The van der Waals surface area contributed by atoms with Gasteiger partial charge in [0.1, 0.15) is 0 Å². The normalized spacial score (nSPS) is 11.3. The van der Waals surface area contributed by atoms with Gasteiger partial charge in [-0.2, -0.15) is 13.2 Å². The Bertz CT molecular complexity index is 713. The lowest BCUT2D eigenvalue weighted by atomic mass is 10.1. The molecule has 23 heavy (non-hydrogen) atoms. The molecule has 0 aliphatic heterocycles. The van der Waals surface area contributed by atoms with E-state index >= 15 is 0 Å². The Kier molecular flexibility index (Phi) is 5.36. The third kappa shape index (κ3) is 4.76. The largest absolute Gasteiger partial charge is 0.418 e. The Hall–Kier alpha value is -1.95. The third-order valence-electron chi connectivity index (χ3n) is 3.35. The predicted octanol–water partition coefficient (Wildman–Crippen LogP) is 5.05. The number of benzene rings is 2. The van der Waals surface area contributed by atoms with E-state index in [2.05, 4.69) is 5.32 Å². The highest BCUT2D eigenvalue weighted by Gasteiger charge is 2.33. The number of thioether (sulfide) groups is 1. The van der Waals surface area contributed by atoms with Crippen LogP contribution in [0.5, 0.6) is 0 Å². The van der Waals surface area contributed by atoms with E-state index in [0.717, 1.165) is 22.1 Å². The van der Waals surface area contributed by atoms with Crippen LogP contribution in [0.1, 0.15) is 16.7 Å². The summed E-state index contributed by atoms with van der Waals surface area (Å²) in [7, 11) is 0. The molecule has 122 valence electrons. The predicted molar refractivity (Wildman–Crippen MR) is 86.7 cm³/mol. The summed E-state index contributed by atoms with van der Waals surface area (Å²) < 4.78 is 38.6. The number of anilines is 1. The first kappa shape index (κ1) is 17.4. The van der Waals surface area contributed by atoms with Crippen LogP contribution in [0.25, 0.3) is 0 Å². The second kappa shape index (κ2) is 7.08. The smallest absolute Gasteiger partial charge is 0.325 e. The van der Waals surface area contributed by atoms with Gasteiger partial charge in [-0.05, 0) is 49.2 Å². The SMILES string of the molecule is Cc1ccc(SCC(=O)Nc2ccccc2C(F)(F)F)cc1C. The van der Waals surface area contributed by atoms with Gasteiger partial charge in [-0.15, -0.1) is 11.8 Å². The molecule has 1 N–H and O–H groups in total. The molecule has 6 heteroatoms. The lowest BCUT2D eigenvalue weighted by molar-refractivity contribution is -0.137. The summed E-state index contributed by atoms with van der Waals surface area (Å²) in [5.74, 6) is -0.417. The van der Waals surface area contributed by atoms with Crippen LogP contribution in [0, 0.1) is 13.8 Å². The van der Waals surface area contributed by atoms with Crippen molar-refractivity contribution in [1.82, 2.24) is 0 Å². The zero-order chi connectivity index (χ0) is 17.0. The molecule has 0 aliphatic rings. The van der Waals surface area contributed by atoms with Crippen molar-refractivity contribution in [2.45, 2.75) is 24.9 Å². The fraction of sp³-hybridized carbons (Fsp3) is 0.235. The first-order chi connectivity index (χ1) is 10.8. The molecule has 0 aromatic heterocycles. The Labute approximate surface area is 137 Å². The van der Waals surface area contributed by atoms with E-state index in [1.807, 2.05) is 32.0 Å².